The van der Waals surface area contributed by atoms with E-state index in [2.05, 4.69) is 14.9 Å². The smallest absolute Gasteiger partial charge is 0.261 e. The molecule has 1 atom stereocenters. The van der Waals surface area contributed by atoms with E-state index in [1.54, 1.807) is 11.1 Å². The number of carbonyl (C=O) groups excluding carboxylic acids is 1. The maximum Gasteiger partial charge on any atom is 0.261 e. The van der Waals surface area contributed by atoms with Gasteiger partial charge in [-0.25, -0.2) is 14.4 Å². The summed E-state index contributed by atoms with van der Waals surface area (Å²) in [6.07, 6.45) is 3.08. The largest absolute Gasteiger partial charge is 0.378 e. The van der Waals surface area contributed by atoms with Crippen molar-refractivity contribution in [2.45, 2.75) is 31.0 Å². The van der Waals surface area contributed by atoms with Gasteiger partial charge in [0.15, 0.2) is 11.5 Å². The van der Waals surface area contributed by atoms with Crippen LogP contribution in [-0.2, 0) is 14.3 Å². The number of nitrogens with zero attached hydrogens (tertiary/aromatic N) is 4. The molecule has 3 aliphatic rings. The molecule has 2 saturated heterocycles. The summed E-state index contributed by atoms with van der Waals surface area (Å²) < 4.78 is 25.6. The molecular formula is C17H23FN4O3. The van der Waals surface area contributed by atoms with Gasteiger partial charge in [0.05, 0.1) is 26.4 Å². The molecule has 1 aliphatic carbocycles. The number of halogens is 1. The molecule has 1 amide bonds. The number of alkyl halides is 1. The molecule has 25 heavy (non-hydrogen) atoms. The number of morpholine rings is 2. The fraction of sp³-hybridized carbons (Fsp3) is 0.706. The third kappa shape index (κ3) is 3.20. The van der Waals surface area contributed by atoms with Crippen LogP contribution in [0.5, 0.6) is 0 Å². The Balaban J connectivity index is 1.57. The van der Waals surface area contributed by atoms with Crippen molar-refractivity contribution < 1.29 is 18.7 Å². The first-order valence-corrected chi connectivity index (χ1v) is 8.91. The van der Waals surface area contributed by atoms with Crippen molar-refractivity contribution in [1.29, 1.82) is 0 Å². The van der Waals surface area contributed by atoms with Gasteiger partial charge < -0.3 is 19.3 Å². The van der Waals surface area contributed by atoms with E-state index in [0.717, 1.165) is 25.3 Å². The van der Waals surface area contributed by atoms with Crippen LogP contribution in [0.4, 0.5) is 10.2 Å². The van der Waals surface area contributed by atoms with Crippen LogP contribution >= 0.6 is 0 Å². The first-order chi connectivity index (χ1) is 12.2. The fourth-order valence-corrected chi connectivity index (χ4v) is 3.51. The molecule has 0 bridgehead atoms. The molecule has 1 aromatic rings. The molecule has 0 radical (unpaired) electrons. The molecule has 7 nitrogen and oxygen atoms in total. The second-order valence-corrected chi connectivity index (χ2v) is 6.78. The molecule has 2 aliphatic heterocycles. The van der Waals surface area contributed by atoms with Gasteiger partial charge in [0.25, 0.3) is 5.91 Å². The third-order valence-electron chi connectivity index (χ3n) is 5.21. The minimum atomic E-state index is -1.71. The van der Waals surface area contributed by atoms with Gasteiger partial charge in [0.1, 0.15) is 11.9 Å². The van der Waals surface area contributed by atoms with E-state index in [-0.39, 0.29) is 0 Å². The number of hydrogen-bond donors (Lipinski definition) is 0. The molecule has 136 valence electrons. The molecule has 0 aromatic carbocycles. The van der Waals surface area contributed by atoms with Crippen molar-refractivity contribution in [2.75, 3.05) is 51.0 Å². The monoisotopic (exact) mass is 350 g/mol. The van der Waals surface area contributed by atoms with E-state index in [1.807, 2.05) is 6.07 Å². The van der Waals surface area contributed by atoms with Gasteiger partial charge in [-0.2, -0.15) is 0 Å². The van der Waals surface area contributed by atoms with Crippen LogP contribution in [0.15, 0.2) is 12.3 Å². The molecule has 0 unspecified atom stereocenters. The minimum absolute atomic E-state index is 0.300. The summed E-state index contributed by atoms with van der Waals surface area (Å²) in [5.41, 5.74) is -1.71. The Morgan fingerprint density at radius 3 is 2.68 bits per heavy atom. The number of hydrogen-bond acceptors (Lipinski definition) is 6. The molecule has 0 spiro atoms. The summed E-state index contributed by atoms with van der Waals surface area (Å²) in [6.45, 7) is 3.97. The van der Waals surface area contributed by atoms with Crippen molar-refractivity contribution in [3.05, 3.63) is 18.1 Å². The van der Waals surface area contributed by atoms with Crippen molar-refractivity contribution >= 4 is 11.7 Å². The number of rotatable bonds is 3. The summed E-state index contributed by atoms with van der Waals surface area (Å²) in [5.74, 6) is 0.886. The number of anilines is 1. The van der Waals surface area contributed by atoms with Crippen LogP contribution in [0.1, 0.15) is 31.1 Å². The van der Waals surface area contributed by atoms with Crippen LogP contribution in [0.2, 0.25) is 0 Å². The Morgan fingerprint density at radius 2 is 1.96 bits per heavy atom. The van der Waals surface area contributed by atoms with Crippen LogP contribution in [0, 0.1) is 0 Å². The van der Waals surface area contributed by atoms with Crippen molar-refractivity contribution in [3.63, 3.8) is 0 Å². The average molecular weight is 350 g/mol. The highest BCUT2D eigenvalue weighted by Crippen LogP contribution is 2.39. The molecule has 1 saturated carbocycles. The zero-order chi connectivity index (χ0) is 17.3. The van der Waals surface area contributed by atoms with Crippen molar-refractivity contribution in [2.24, 2.45) is 0 Å². The highest BCUT2D eigenvalue weighted by atomic mass is 19.1. The highest BCUT2D eigenvalue weighted by Gasteiger charge is 2.49. The lowest BCUT2D eigenvalue weighted by Gasteiger charge is -2.42. The van der Waals surface area contributed by atoms with Gasteiger partial charge in [0.2, 0.25) is 0 Å². The van der Waals surface area contributed by atoms with E-state index in [0.29, 0.717) is 51.6 Å². The Morgan fingerprint density at radius 1 is 1.20 bits per heavy atom. The van der Waals surface area contributed by atoms with Gasteiger partial charge in [-0.1, -0.05) is 0 Å². The zero-order valence-corrected chi connectivity index (χ0v) is 14.2. The van der Waals surface area contributed by atoms with Crippen LogP contribution in [-0.4, -0.2) is 72.5 Å². The Labute approximate surface area is 146 Å². The maximum atomic E-state index is 14.6. The highest BCUT2D eigenvalue weighted by molar-refractivity contribution is 5.86. The minimum Gasteiger partial charge on any atom is -0.378 e. The van der Waals surface area contributed by atoms with Crippen molar-refractivity contribution in [3.8, 4) is 0 Å². The van der Waals surface area contributed by atoms with Crippen LogP contribution in [0.3, 0.4) is 0 Å². The second-order valence-electron chi connectivity index (χ2n) is 6.78. The second kappa shape index (κ2) is 6.84. The molecule has 3 fully saturated rings. The number of carbonyl (C=O) groups is 1. The molecule has 4 rings (SSSR count). The van der Waals surface area contributed by atoms with Gasteiger partial charge in [0, 0.05) is 25.8 Å². The lowest BCUT2D eigenvalue weighted by Crippen LogP contribution is -2.54. The molecule has 3 heterocycles. The molecule has 0 N–H and O–H groups in total. The lowest BCUT2D eigenvalue weighted by molar-refractivity contribution is -0.159. The van der Waals surface area contributed by atoms with Crippen LogP contribution < -0.4 is 4.90 Å². The van der Waals surface area contributed by atoms with Gasteiger partial charge in [-0.3, -0.25) is 4.79 Å². The van der Waals surface area contributed by atoms with Gasteiger partial charge in [-0.15, -0.1) is 0 Å². The zero-order valence-electron chi connectivity index (χ0n) is 14.2. The third-order valence-corrected chi connectivity index (χ3v) is 5.21. The first kappa shape index (κ1) is 16.7. The van der Waals surface area contributed by atoms with Gasteiger partial charge >= 0.3 is 0 Å². The predicted molar refractivity (Wildman–Crippen MR) is 88.0 cm³/mol. The average Bonchev–Trinajstić information content (AvgIpc) is 2.66. The molecule has 1 aromatic heterocycles. The lowest BCUT2D eigenvalue weighted by atomic mass is 9.80. The van der Waals surface area contributed by atoms with E-state index in [1.165, 1.54) is 0 Å². The summed E-state index contributed by atoms with van der Waals surface area (Å²) in [5, 5.41) is 0. The van der Waals surface area contributed by atoms with Gasteiger partial charge in [-0.05, 0) is 25.3 Å². The Kier molecular flexibility index (Phi) is 4.56. The standard InChI is InChI=1S/C17H23FN4O3/c18-17(3-1-4-17)16(23)22-8-11-25-12-13(22)15-19-5-2-14(20-15)21-6-9-24-10-7-21/h2,5,13H,1,3-4,6-12H2/t13-/m1/s1. The quantitative estimate of drug-likeness (QED) is 0.813. The molecular weight excluding hydrogens is 327 g/mol. The first-order valence-electron chi connectivity index (χ1n) is 8.91. The number of aromatic nitrogens is 2. The Bertz CT molecular complexity index is 634. The molecule has 8 heteroatoms. The summed E-state index contributed by atoms with van der Waals surface area (Å²) >= 11 is 0. The number of ether oxygens (including phenoxy) is 2. The van der Waals surface area contributed by atoms with Crippen molar-refractivity contribution in [1.82, 2.24) is 14.9 Å². The SMILES string of the molecule is O=C(N1CCOC[C@@H]1c1nccc(N2CCOCC2)n1)C1(F)CCC1. The van der Waals surface area contributed by atoms with Crippen LogP contribution in [0.25, 0.3) is 0 Å². The van der Waals surface area contributed by atoms with E-state index >= 15 is 0 Å². The predicted octanol–water partition coefficient (Wildman–Crippen LogP) is 1.11. The topological polar surface area (TPSA) is 67.8 Å². The summed E-state index contributed by atoms with van der Waals surface area (Å²) in [7, 11) is 0. The van der Waals surface area contributed by atoms with E-state index in [9.17, 15) is 9.18 Å². The summed E-state index contributed by atoms with van der Waals surface area (Å²) in [4.78, 5) is 25.4. The maximum absolute atomic E-state index is 14.6. The normalized spacial score (nSPS) is 26.2. The van der Waals surface area contributed by atoms with E-state index in [4.69, 9.17) is 9.47 Å². The fourth-order valence-electron chi connectivity index (χ4n) is 3.51. The Hall–Kier alpha value is -1.80. The summed E-state index contributed by atoms with van der Waals surface area (Å²) in [6, 6.07) is 1.42. The number of amides is 1. The van der Waals surface area contributed by atoms with E-state index < -0.39 is 17.6 Å².